The molecule has 3 rings (SSSR count). The van der Waals surface area contributed by atoms with Crippen molar-refractivity contribution in [2.75, 3.05) is 36.4 Å². The van der Waals surface area contributed by atoms with E-state index in [1.807, 2.05) is 29.2 Å². The summed E-state index contributed by atoms with van der Waals surface area (Å²) in [6, 6.07) is 12.1. The third kappa shape index (κ3) is 4.29. The Balaban J connectivity index is 1.54. The predicted molar refractivity (Wildman–Crippen MR) is 102 cm³/mol. The summed E-state index contributed by atoms with van der Waals surface area (Å²) >= 11 is 0. The zero-order valence-corrected chi connectivity index (χ0v) is 15.2. The van der Waals surface area contributed by atoms with Crippen molar-refractivity contribution >= 4 is 17.4 Å². The van der Waals surface area contributed by atoms with E-state index in [4.69, 9.17) is 0 Å². The Hall–Kier alpha value is -2.56. The van der Waals surface area contributed by atoms with Crippen LogP contribution in [0, 0.1) is 0 Å². The van der Waals surface area contributed by atoms with E-state index in [1.54, 1.807) is 12.4 Å². The molecule has 0 spiro atoms. The fourth-order valence-corrected chi connectivity index (χ4v) is 2.98. The second-order valence-corrected chi connectivity index (χ2v) is 7.44. The van der Waals surface area contributed by atoms with Crippen LogP contribution in [0.5, 0.6) is 0 Å². The second-order valence-electron chi connectivity index (χ2n) is 7.44. The number of carbonyl (C=O) groups is 1. The van der Waals surface area contributed by atoms with Gasteiger partial charge in [-0.1, -0.05) is 32.9 Å². The number of aromatic nitrogens is 1. The zero-order chi connectivity index (χ0) is 17.9. The summed E-state index contributed by atoms with van der Waals surface area (Å²) in [5.74, 6) is 0. The Morgan fingerprint density at radius 2 is 1.56 bits per heavy atom. The van der Waals surface area contributed by atoms with Gasteiger partial charge < -0.3 is 15.1 Å². The number of urea groups is 1. The van der Waals surface area contributed by atoms with Gasteiger partial charge in [0.2, 0.25) is 0 Å². The first kappa shape index (κ1) is 17.3. The van der Waals surface area contributed by atoms with Crippen molar-refractivity contribution in [1.29, 1.82) is 0 Å². The third-order valence-electron chi connectivity index (χ3n) is 4.60. The fraction of sp³-hybridized carbons (Fsp3) is 0.400. The molecule has 0 bridgehead atoms. The van der Waals surface area contributed by atoms with Gasteiger partial charge in [-0.25, -0.2) is 4.79 Å². The first-order valence-corrected chi connectivity index (χ1v) is 8.75. The van der Waals surface area contributed by atoms with E-state index in [2.05, 4.69) is 48.1 Å². The van der Waals surface area contributed by atoms with E-state index in [0.717, 1.165) is 24.5 Å². The molecule has 0 atom stereocenters. The summed E-state index contributed by atoms with van der Waals surface area (Å²) in [6.07, 6.45) is 3.60. The van der Waals surface area contributed by atoms with Crippen molar-refractivity contribution < 1.29 is 4.79 Å². The highest BCUT2D eigenvalue weighted by Crippen LogP contribution is 2.23. The normalized spacial score (nSPS) is 15.2. The van der Waals surface area contributed by atoms with Gasteiger partial charge in [0.05, 0.1) is 0 Å². The molecule has 1 N–H and O–H groups in total. The molecule has 1 aliphatic heterocycles. The van der Waals surface area contributed by atoms with Crippen LogP contribution in [0.4, 0.5) is 16.2 Å². The lowest BCUT2D eigenvalue weighted by atomic mass is 9.87. The minimum absolute atomic E-state index is 0.0297. The quantitative estimate of drug-likeness (QED) is 0.907. The maximum atomic E-state index is 12.5. The lowest BCUT2D eigenvalue weighted by Gasteiger charge is -2.36. The number of benzene rings is 1. The van der Waals surface area contributed by atoms with Gasteiger partial charge in [0.25, 0.3) is 0 Å². The van der Waals surface area contributed by atoms with Crippen LogP contribution in [-0.4, -0.2) is 42.1 Å². The van der Waals surface area contributed by atoms with Gasteiger partial charge in [-0.15, -0.1) is 0 Å². The maximum Gasteiger partial charge on any atom is 0.321 e. The molecule has 0 radical (unpaired) electrons. The van der Waals surface area contributed by atoms with Crippen LogP contribution in [-0.2, 0) is 5.41 Å². The number of carbonyl (C=O) groups excluding carboxylic acids is 1. The summed E-state index contributed by atoms with van der Waals surface area (Å²) in [6.45, 7) is 9.65. The molecule has 5 nitrogen and oxygen atoms in total. The van der Waals surface area contributed by atoms with Crippen LogP contribution in [0.25, 0.3) is 0 Å². The average molecular weight is 338 g/mol. The second kappa shape index (κ2) is 7.13. The predicted octanol–water partition coefficient (Wildman–Crippen LogP) is 3.73. The molecule has 1 aromatic carbocycles. The molecule has 2 amide bonds. The van der Waals surface area contributed by atoms with E-state index in [9.17, 15) is 4.79 Å². The monoisotopic (exact) mass is 338 g/mol. The smallest absolute Gasteiger partial charge is 0.321 e. The lowest BCUT2D eigenvalue weighted by molar-refractivity contribution is 0.208. The number of pyridine rings is 1. The number of hydrogen-bond acceptors (Lipinski definition) is 3. The Morgan fingerprint density at radius 3 is 2.12 bits per heavy atom. The molecule has 5 heteroatoms. The number of piperazine rings is 1. The molecule has 0 unspecified atom stereocenters. The summed E-state index contributed by atoms with van der Waals surface area (Å²) in [4.78, 5) is 20.7. The molecule has 0 saturated carbocycles. The number of rotatable bonds is 2. The zero-order valence-electron chi connectivity index (χ0n) is 15.2. The van der Waals surface area contributed by atoms with Gasteiger partial charge in [0.15, 0.2) is 0 Å². The van der Waals surface area contributed by atoms with Crippen LogP contribution in [0.3, 0.4) is 0 Å². The topological polar surface area (TPSA) is 48.5 Å². The molecule has 2 heterocycles. The summed E-state index contributed by atoms with van der Waals surface area (Å²) in [5, 5.41) is 3.00. The number of amides is 2. The Labute approximate surface area is 149 Å². The Bertz CT molecular complexity index is 699. The van der Waals surface area contributed by atoms with E-state index in [-0.39, 0.29) is 11.4 Å². The van der Waals surface area contributed by atoms with Crippen LogP contribution < -0.4 is 10.2 Å². The lowest BCUT2D eigenvalue weighted by Crippen LogP contribution is -2.50. The molecule has 25 heavy (non-hydrogen) atoms. The highest BCUT2D eigenvalue weighted by atomic mass is 16.2. The van der Waals surface area contributed by atoms with Crippen molar-refractivity contribution in [3.05, 3.63) is 54.4 Å². The molecule has 1 saturated heterocycles. The van der Waals surface area contributed by atoms with Crippen LogP contribution in [0.2, 0.25) is 0 Å². The Morgan fingerprint density at radius 1 is 0.960 bits per heavy atom. The molecular weight excluding hydrogens is 312 g/mol. The van der Waals surface area contributed by atoms with Crippen LogP contribution in [0.1, 0.15) is 26.3 Å². The van der Waals surface area contributed by atoms with E-state index in [1.165, 1.54) is 5.56 Å². The molecular formula is C20H26N4O. The van der Waals surface area contributed by atoms with Crippen LogP contribution in [0.15, 0.2) is 48.8 Å². The molecule has 2 aromatic rings. The standard InChI is InChI=1S/C20H26N4O/c1-20(2,3)16-4-6-17(7-5-16)22-19(25)24-14-12-23(13-15-24)18-8-10-21-11-9-18/h4-11H,12-15H2,1-3H3,(H,22,25). The number of hydrogen-bond donors (Lipinski definition) is 1. The van der Waals surface area contributed by atoms with Crippen molar-refractivity contribution in [2.24, 2.45) is 0 Å². The maximum absolute atomic E-state index is 12.5. The Kier molecular flexibility index (Phi) is 4.93. The van der Waals surface area contributed by atoms with E-state index >= 15 is 0 Å². The fourth-order valence-electron chi connectivity index (χ4n) is 2.98. The molecule has 1 fully saturated rings. The van der Waals surface area contributed by atoms with Gasteiger partial charge >= 0.3 is 6.03 Å². The first-order chi connectivity index (χ1) is 11.9. The average Bonchev–Trinajstić information content (AvgIpc) is 2.62. The van der Waals surface area contributed by atoms with Crippen molar-refractivity contribution in [1.82, 2.24) is 9.88 Å². The molecule has 1 aliphatic rings. The van der Waals surface area contributed by atoms with Crippen molar-refractivity contribution in [3.63, 3.8) is 0 Å². The molecule has 1 aromatic heterocycles. The number of nitrogens with zero attached hydrogens (tertiary/aromatic N) is 3. The highest BCUT2D eigenvalue weighted by Gasteiger charge is 2.21. The molecule has 0 aliphatic carbocycles. The van der Waals surface area contributed by atoms with Gasteiger partial charge in [0, 0.05) is 49.9 Å². The SMILES string of the molecule is CC(C)(C)c1ccc(NC(=O)N2CCN(c3ccncc3)CC2)cc1. The van der Waals surface area contributed by atoms with Crippen molar-refractivity contribution in [3.8, 4) is 0 Å². The van der Waals surface area contributed by atoms with E-state index < -0.39 is 0 Å². The van der Waals surface area contributed by atoms with Gasteiger partial charge in [-0.3, -0.25) is 4.98 Å². The van der Waals surface area contributed by atoms with Crippen LogP contribution >= 0.6 is 0 Å². The largest absolute Gasteiger partial charge is 0.368 e. The summed E-state index contributed by atoms with van der Waals surface area (Å²) in [7, 11) is 0. The van der Waals surface area contributed by atoms with Gasteiger partial charge in [-0.2, -0.15) is 0 Å². The number of nitrogens with one attached hydrogen (secondary N) is 1. The summed E-state index contributed by atoms with van der Waals surface area (Å²) in [5.41, 5.74) is 3.38. The number of anilines is 2. The van der Waals surface area contributed by atoms with Crippen molar-refractivity contribution in [2.45, 2.75) is 26.2 Å². The van der Waals surface area contributed by atoms with Gasteiger partial charge in [0.1, 0.15) is 0 Å². The minimum atomic E-state index is -0.0297. The third-order valence-corrected chi connectivity index (χ3v) is 4.60. The summed E-state index contributed by atoms with van der Waals surface area (Å²) < 4.78 is 0. The molecule has 132 valence electrons. The minimum Gasteiger partial charge on any atom is -0.368 e. The highest BCUT2D eigenvalue weighted by molar-refractivity contribution is 5.89. The first-order valence-electron chi connectivity index (χ1n) is 8.75. The van der Waals surface area contributed by atoms with Gasteiger partial charge in [-0.05, 0) is 35.2 Å². The van der Waals surface area contributed by atoms with E-state index in [0.29, 0.717) is 13.1 Å².